The van der Waals surface area contributed by atoms with Gasteiger partial charge in [-0.15, -0.1) is 0 Å². The lowest BCUT2D eigenvalue weighted by Crippen LogP contribution is -2.43. The molecular weight excluding hydrogens is 222 g/mol. The van der Waals surface area contributed by atoms with Crippen LogP contribution in [0.25, 0.3) is 0 Å². The van der Waals surface area contributed by atoms with Crippen molar-refractivity contribution in [3.8, 4) is 0 Å². The van der Waals surface area contributed by atoms with E-state index in [0.29, 0.717) is 12.2 Å². The van der Waals surface area contributed by atoms with E-state index in [9.17, 15) is 0 Å². The van der Waals surface area contributed by atoms with Gasteiger partial charge in [0.05, 0.1) is 12.2 Å². The molecule has 4 unspecified atom stereocenters. The van der Waals surface area contributed by atoms with E-state index >= 15 is 0 Å². The van der Waals surface area contributed by atoms with Gasteiger partial charge in [-0.2, -0.15) is 0 Å². The summed E-state index contributed by atoms with van der Waals surface area (Å²) in [6, 6.07) is 0. The first kappa shape index (κ1) is 16.0. The second-order valence-electron chi connectivity index (χ2n) is 7.19. The van der Waals surface area contributed by atoms with Crippen LogP contribution >= 0.6 is 0 Å². The van der Waals surface area contributed by atoms with E-state index in [1.807, 2.05) is 0 Å². The third-order valence-electron chi connectivity index (χ3n) is 4.25. The Morgan fingerprint density at radius 3 is 2.33 bits per heavy atom. The van der Waals surface area contributed by atoms with Crippen LogP contribution in [0.5, 0.6) is 0 Å². The van der Waals surface area contributed by atoms with Crippen LogP contribution in [0.3, 0.4) is 0 Å². The lowest BCUT2D eigenvalue weighted by atomic mass is 9.80. The molecule has 0 aliphatic heterocycles. The Hall–Kier alpha value is -0.0800. The summed E-state index contributed by atoms with van der Waals surface area (Å²) in [5, 5.41) is 3.56. The quantitative estimate of drug-likeness (QED) is 0.802. The highest BCUT2D eigenvalue weighted by molar-refractivity contribution is 4.78. The predicted octanol–water partition coefficient (Wildman–Crippen LogP) is 3.99. The fourth-order valence-electron chi connectivity index (χ4n) is 2.60. The van der Waals surface area contributed by atoms with Gasteiger partial charge in [0.1, 0.15) is 0 Å². The molecule has 18 heavy (non-hydrogen) atoms. The van der Waals surface area contributed by atoms with Gasteiger partial charge in [0.25, 0.3) is 0 Å². The molecule has 2 nitrogen and oxygen atoms in total. The summed E-state index contributed by atoms with van der Waals surface area (Å²) in [7, 11) is 0. The predicted molar refractivity (Wildman–Crippen MR) is 78.9 cm³/mol. The maximum absolute atomic E-state index is 6.29. The Morgan fingerprint density at radius 2 is 1.83 bits per heavy atom. The third kappa shape index (κ3) is 5.71. The minimum absolute atomic E-state index is 0.186. The molecule has 0 radical (unpaired) electrons. The van der Waals surface area contributed by atoms with E-state index in [2.05, 4.69) is 46.9 Å². The normalized spacial score (nSPS) is 31.3. The lowest BCUT2D eigenvalue weighted by molar-refractivity contribution is -0.0491. The van der Waals surface area contributed by atoms with Crippen LogP contribution in [0, 0.1) is 11.8 Å². The van der Waals surface area contributed by atoms with Gasteiger partial charge in [-0.3, -0.25) is 0 Å². The second kappa shape index (κ2) is 6.91. The molecule has 1 aliphatic carbocycles. The van der Waals surface area contributed by atoms with Gasteiger partial charge < -0.3 is 10.1 Å². The van der Waals surface area contributed by atoms with Crippen LogP contribution in [-0.2, 0) is 4.74 Å². The highest BCUT2D eigenvalue weighted by atomic mass is 16.5. The summed E-state index contributed by atoms with van der Waals surface area (Å²) in [5.41, 5.74) is 0.186. The summed E-state index contributed by atoms with van der Waals surface area (Å²) < 4.78 is 6.29. The number of rotatable bonds is 5. The van der Waals surface area contributed by atoms with Crippen molar-refractivity contribution in [1.29, 1.82) is 0 Å². The van der Waals surface area contributed by atoms with Crippen LogP contribution in [0.2, 0.25) is 0 Å². The standard InChI is InChI=1S/C16H33NO/c1-7-14(11-17-16(4,5)6)18-15-9-8-12(2)13(3)10-15/h12-15,17H,7-11H2,1-6H3. The van der Waals surface area contributed by atoms with Gasteiger partial charge in [0.15, 0.2) is 0 Å². The highest BCUT2D eigenvalue weighted by Crippen LogP contribution is 2.31. The largest absolute Gasteiger partial charge is 0.374 e. The van der Waals surface area contributed by atoms with Crippen LogP contribution in [0.1, 0.15) is 67.2 Å². The van der Waals surface area contributed by atoms with Gasteiger partial charge >= 0.3 is 0 Å². The molecule has 0 amide bonds. The Morgan fingerprint density at radius 1 is 1.17 bits per heavy atom. The zero-order chi connectivity index (χ0) is 13.8. The molecule has 0 aromatic carbocycles. The van der Waals surface area contributed by atoms with Crippen molar-refractivity contribution in [3.05, 3.63) is 0 Å². The Bertz CT molecular complexity index is 234. The molecular formula is C16H33NO. The SMILES string of the molecule is CCC(CNC(C)(C)C)OC1CCC(C)C(C)C1. The van der Waals surface area contributed by atoms with Crippen LogP contribution in [-0.4, -0.2) is 24.3 Å². The van der Waals surface area contributed by atoms with Crippen molar-refractivity contribution < 1.29 is 4.74 Å². The average Bonchev–Trinajstić information content (AvgIpc) is 2.28. The van der Waals surface area contributed by atoms with E-state index in [0.717, 1.165) is 24.8 Å². The molecule has 108 valence electrons. The first-order valence-electron chi connectivity index (χ1n) is 7.72. The molecule has 1 N–H and O–H groups in total. The molecule has 0 heterocycles. The smallest absolute Gasteiger partial charge is 0.0700 e. The zero-order valence-electron chi connectivity index (χ0n) is 13.3. The van der Waals surface area contributed by atoms with Crippen molar-refractivity contribution in [1.82, 2.24) is 5.32 Å². The van der Waals surface area contributed by atoms with Crippen molar-refractivity contribution in [3.63, 3.8) is 0 Å². The highest BCUT2D eigenvalue weighted by Gasteiger charge is 2.27. The number of nitrogens with one attached hydrogen (secondary N) is 1. The monoisotopic (exact) mass is 255 g/mol. The minimum atomic E-state index is 0.186. The molecule has 2 heteroatoms. The summed E-state index contributed by atoms with van der Waals surface area (Å²) in [6.45, 7) is 14.6. The molecule has 1 aliphatic rings. The minimum Gasteiger partial charge on any atom is -0.374 e. The average molecular weight is 255 g/mol. The second-order valence-corrected chi connectivity index (χ2v) is 7.19. The maximum atomic E-state index is 6.29. The van der Waals surface area contributed by atoms with Gasteiger partial charge in [0, 0.05) is 12.1 Å². The summed E-state index contributed by atoms with van der Waals surface area (Å²) in [4.78, 5) is 0. The molecule has 0 aromatic heterocycles. The zero-order valence-corrected chi connectivity index (χ0v) is 13.3. The van der Waals surface area contributed by atoms with Crippen molar-refractivity contribution >= 4 is 0 Å². The lowest BCUT2D eigenvalue weighted by Gasteiger charge is -2.35. The molecule has 0 bridgehead atoms. The first-order chi connectivity index (χ1) is 8.31. The van der Waals surface area contributed by atoms with Crippen LogP contribution in [0.4, 0.5) is 0 Å². The third-order valence-corrected chi connectivity index (χ3v) is 4.25. The molecule has 0 aromatic rings. The fraction of sp³-hybridized carbons (Fsp3) is 1.00. The van der Waals surface area contributed by atoms with Gasteiger partial charge in [-0.25, -0.2) is 0 Å². The van der Waals surface area contributed by atoms with E-state index in [-0.39, 0.29) is 5.54 Å². The molecule has 0 saturated heterocycles. The summed E-state index contributed by atoms with van der Waals surface area (Å²) >= 11 is 0. The van der Waals surface area contributed by atoms with E-state index in [4.69, 9.17) is 4.74 Å². The Balaban J connectivity index is 2.34. The Labute approximate surface area is 114 Å². The Kier molecular flexibility index (Phi) is 6.13. The van der Waals surface area contributed by atoms with E-state index in [1.165, 1.54) is 19.3 Å². The van der Waals surface area contributed by atoms with Gasteiger partial charge in [0.2, 0.25) is 0 Å². The topological polar surface area (TPSA) is 21.3 Å². The number of hydrogen-bond acceptors (Lipinski definition) is 2. The first-order valence-corrected chi connectivity index (χ1v) is 7.72. The van der Waals surface area contributed by atoms with Crippen LogP contribution in [0.15, 0.2) is 0 Å². The van der Waals surface area contributed by atoms with Gasteiger partial charge in [-0.1, -0.05) is 20.8 Å². The molecule has 1 saturated carbocycles. The van der Waals surface area contributed by atoms with Crippen molar-refractivity contribution in [2.45, 2.75) is 85.0 Å². The van der Waals surface area contributed by atoms with Crippen LogP contribution < -0.4 is 5.32 Å². The van der Waals surface area contributed by atoms with E-state index in [1.54, 1.807) is 0 Å². The molecule has 4 atom stereocenters. The number of ether oxygens (including phenoxy) is 1. The molecule has 1 rings (SSSR count). The molecule has 1 fully saturated rings. The summed E-state index contributed by atoms with van der Waals surface area (Å²) in [5.74, 6) is 1.69. The molecule has 0 spiro atoms. The van der Waals surface area contributed by atoms with E-state index < -0.39 is 0 Å². The number of hydrogen-bond donors (Lipinski definition) is 1. The summed E-state index contributed by atoms with van der Waals surface area (Å²) in [6.07, 6.45) is 5.78. The van der Waals surface area contributed by atoms with Crippen molar-refractivity contribution in [2.24, 2.45) is 11.8 Å². The van der Waals surface area contributed by atoms with Gasteiger partial charge in [-0.05, 0) is 58.3 Å². The fourth-order valence-corrected chi connectivity index (χ4v) is 2.60. The van der Waals surface area contributed by atoms with Crippen molar-refractivity contribution in [2.75, 3.05) is 6.54 Å². The maximum Gasteiger partial charge on any atom is 0.0700 e.